The minimum atomic E-state index is -0.570. The van der Waals surface area contributed by atoms with Crippen molar-refractivity contribution in [3.05, 3.63) is 58.9 Å². The monoisotopic (exact) mass is 605 g/mol. The highest BCUT2D eigenvalue weighted by Gasteiger charge is 2.16. The Morgan fingerprint density at radius 1 is 0.881 bits per heavy atom. The van der Waals surface area contributed by atoms with Crippen molar-refractivity contribution >= 4 is 40.5 Å². The Labute approximate surface area is 250 Å². The number of fused-ring (bicyclic) bond motifs is 1. The van der Waals surface area contributed by atoms with Gasteiger partial charge in [-0.2, -0.15) is 0 Å². The Morgan fingerprint density at radius 2 is 1.55 bits per heavy atom. The molecule has 0 radical (unpaired) electrons. The van der Waals surface area contributed by atoms with Crippen LogP contribution in [0.25, 0.3) is 11.0 Å². The van der Waals surface area contributed by atoms with Crippen molar-refractivity contribution in [2.24, 2.45) is 0 Å². The van der Waals surface area contributed by atoms with Gasteiger partial charge in [0.1, 0.15) is 18.0 Å². The molecule has 13 heteroatoms. The molecule has 0 unspecified atom stereocenters. The number of benzene rings is 2. The summed E-state index contributed by atoms with van der Waals surface area (Å²) in [6.07, 6.45) is -0.987. The number of ether oxygens (including phenoxy) is 5. The average molecular weight is 606 g/mol. The van der Waals surface area contributed by atoms with Gasteiger partial charge >= 0.3 is 12.2 Å². The zero-order chi connectivity index (χ0) is 30.2. The summed E-state index contributed by atoms with van der Waals surface area (Å²) in [6.45, 7) is 9.30. The lowest BCUT2D eigenvalue weighted by Crippen LogP contribution is -2.32. The Balaban J connectivity index is 1.18. The second-order valence-corrected chi connectivity index (χ2v) is 10.5. The molecule has 0 aliphatic carbocycles. The number of halogens is 1. The summed E-state index contributed by atoms with van der Waals surface area (Å²) in [5, 5.41) is 9.10. The van der Waals surface area contributed by atoms with E-state index < -0.39 is 17.8 Å². The number of amides is 2. The predicted octanol–water partition coefficient (Wildman–Crippen LogP) is 4.63. The molecule has 42 heavy (non-hydrogen) atoms. The lowest BCUT2D eigenvalue weighted by molar-refractivity contribution is 0.0169. The maximum absolute atomic E-state index is 11.9. The number of nitrogens with one attached hydrogen (secondary N) is 4. The number of alkyl carbamates (subject to hydrolysis) is 2. The molecule has 2 amide bonds. The van der Waals surface area contributed by atoms with Gasteiger partial charge in [0.2, 0.25) is 0 Å². The van der Waals surface area contributed by atoms with E-state index >= 15 is 0 Å². The first-order valence-corrected chi connectivity index (χ1v) is 14.1. The third kappa shape index (κ3) is 12.9. The summed E-state index contributed by atoms with van der Waals surface area (Å²) in [4.78, 5) is 31.2. The zero-order valence-corrected chi connectivity index (χ0v) is 25.1. The normalized spacial score (nSPS) is 11.3. The summed E-state index contributed by atoms with van der Waals surface area (Å²) in [5.41, 5.74) is 2.59. The van der Waals surface area contributed by atoms with Gasteiger partial charge < -0.3 is 44.6 Å². The van der Waals surface area contributed by atoms with Crippen molar-refractivity contribution in [3.63, 3.8) is 0 Å². The summed E-state index contributed by atoms with van der Waals surface area (Å²) in [5.74, 6) is 0.591. The van der Waals surface area contributed by atoms with E-state index in [9.17, 15) is 9.59 Å². The molecule has 0 atom stereocenters. The maximum atomic E-state index is 11.9. The number of hydrogen-bond donors (Lipinski definition) is 4. The van der Waals surface area contributed by atoms with Crippen molar-refractivity contribution < 1.29 is 33.3 Å². The predicted molar refractivity (Wildman–Crippen MR) is 160 cm³/mol. The molecule has 230 valence electrons. The third-order valence-electron chi connectivity index (χ3n) is 5.45. The molecule has 3 rings (SSSR count). The van der Waals surface area contributed by atoms with E-state index in [4.69, 9.17) is 35.3 Å². The van der Waals surface area contributed by atoms with Gasteiger partial charge in [0.15, 0.2) is 0 Å². The van der Waals surface area contributed by atoms with Crippen LogP contribution in [-0.4, -0.2) is 80.5 Å². The van der Waals surface area contributed by atoms with E-state index in [0.29, 0.717) is 69.1 Å². The number of rotatable bonds is 17. The van der Waals surface area contributed by atoms with Gasteiger partial charge in [0.05, 0.1) is 67.9 Å². The minimum absolute atomic E-state index is 0.204. The van der Waals surface area contributed by atoms with E-state index in [1.54, 1.807) is 26.8 Å². The molecule has 0 fully saturated rings. The van der Waals surface area contributed by atoms with Crippen LogP contribution in [0.3, 0.4) is 0 Å². The van der Waals surface area contributed by atoms with Crippen LogP contribution < -0.4 is 16.0 Å². The molecular weight excluding hydrogens is 566 g/mol. The molecule has 2 aromatic carbocycles. The zero-order valence-electron chi connectivity index (χ0n) is 24.3. The fourth-order valence-corrected chi connectivity index (χ4v) is 3.80. The summed E-state index contributed by atoms with van der Waals surface area (Å²) in [7, 11) is 0. The van der Waals surface area contributed by atoms with Gasteiger partial charge in [-0.1, -0.05) is 41.9 Å². The highest BCUT2D eigenvalue weighted by atomic mass is 35.5. The van der Waals surface area contributed by atoms with Crippen LogP contribution in [0, 0.1) is 0 Å². The van der Waals surface area contributed by atoms with E-state index in [1.807, 2.05) is 36.4 Å². The third-order valence-corrected chi connectivity index (χ3v) is 5.77. The van der Waals surface area contributed by atoms with Crippen molar-refractivity contribution in [1.29, 1.82) is 0 Å². The second-order valence-electron chi connectivity index (χ2n) is 10.1. The summed E-state index contributed by atoms with van der Waals surface area (Å²) < 4.78 is 26.9. The van der Waals surface area contributed by atoms with Crippen LogP contribution in [0.5, 0.6) is 0 Å². The minimum Gasteiger partial charge on any atom is -0.445 e. The van der Waals surface area contributed by atoms with Crippen molar-refractivity contribution in [2.45, 2.75) is 39.5 Å². The van der Waals surface area contributed by atoms with Gasteiger partial charge in [-0.25, -0.2) is 14.6 Å². The number of anilines is 1. The van der Waals surface area contributed by atoms with E-state index in [1.165, 1.54) is 0 Å². The first-order valence-electron chi connectivity index (χ1n) is 13.8. The van der Waals surface area contributed by atoms with Crippen LogP contribution >= 0.6 is 11.6 Å². The highest BCUT2D eigenvalue weighted by Crippen LogP contribution is 2.27. The molecule has 0 saturated carbocycles. The number of aromatic nitrogens is 2. The first-order chi connectivity index (χ1) is 20.2. The number of carbonyl (C=O) groups is 2. The molecule has 1 aromatic heterocycles. The van der Waals surface area contributed by atoms with Crippen LogP contribution in [0.2, 0.25) is 5.02 Å². The molecule has 4 N–H and O–H groups in total. The first kappa shape index (κ1) is 32.9. The Bertz CT molecular complexity index is 1250. The average Bonchev–Trinajstić information content (AvgIpc) is 3.34. The van der Waals surface area contributed by atoms with Crippen LogP contribution in [-0.2, 0) is 36.8 Å². The van der Waals surface area contributed by atoms with Gasteiger partial charge in [-0.15, -0.1) is 0 Å². The number of hydrogen-bond acceptors (Lipinski definition) is 9. The number of H-pyrrole nitrogens is 1. The quantitative estimate of drug-likeness (QED) is 0.162. The molecule has 12 nitrogen and oxygen atoms in total. The molecule has 0 saturated heterocycles. The number of aromatic amines is 1. The van der Waals surface area contributed by atoms with Crippen molar-refractivity contribution in [1.82, 2.24) is 20.6 Å². The molecule has 0 aliphatic heterocycles. The second kappa shape index (κ2) is 17.4. The largest absolute Gasteiger partial charge is 0.445 e. The van der Waals surface area contributed by atoms with Gasteiger partial charge in [-0.05, 0) is 38.5 Å². The Kier molecular flexibility index (Phi) is 13.6. The molecule has 1 heterocycles. The van der Waals surface area contributed by atoms with Crippen LogP contribution in [0.15, 0.2) is 42.5 Å². The summed E-state index contributed by atoms with van der Waals surface area (Å²) >= 11 is 6.40. The van der Waals surface area contributed by atoms with Crippen LogP contribution in [0.4, 0.5) is 15.3 Å². The molecule has 0 aliphatic rings. The van der Waals surface area contributed by atoms with Crippen molar-refractivity contribution in [3.8, 4) is 0 Å². The topological polar surface area (TPSA) is 145 Å². The lowest BCUT2D eigenvalue weighted by Gasteiger charge is -2.19. The SMILES string of the molecule is CC(C)(C)OC(=O)NCc1nc2cc(Cl)c(NCCOCCOCCOCCNC(=O)OCc3ccccc3)cc2[nH]1. The van der Waals surface area contributed by atoms with E-state index in [2.05, 4.69) is 25.9 Å². The Morgan fingerprint density at radius 3 is 2.24 bits per heavy atom. The fraction of sp³-hybridized carbons (Fsp3) is 0.483. The highest BCUT2D eigenvalue weighted by molar-refractivity contribution is 6.34. The van der Waals surface area contributed by atoms with E-state index in [-0.39, 0.29) is 13.2 Å². The number of nitrogens with zero attached hydrogens (tertiary/aromatic N) is 1. The van der Waals surface area contributed by atoms with Crippen molar-refractivity contribution in [2.75, 3.05) is 58.0 Å². The maximum Gasteiger partial charge on any atom is 0.408 e. The molecule has 0 bridgehead atoms. The molecule has 0 spiro atoms. The van der Waals surface area contributed by atoms with E-state index in [0.717, 1.165) is 16.8 Å². The lowest BCUT2D eigenvalue weighted by atomic mass is 10.2. The standard InChI is InChI=1S/C29H40ClN5O7/c1-29(2,3)42-28(37)33-19-26-34-24-17-22(30)23(18-25(24)35-26)31-9-11-38-13-15-40-16-14-39-12-10-32-27(36)41-20-21-7-5-4-6-8-21/h4-8,17-18,31H,9-16,19-20H2,1-3H3,(H,32,36)(H,33,37)(H,34,35). The van der Waals surface area contributed by atoms with Gasteiger partial charge in [-0.3, -0.25) is 0 Å². The summed E-state index contributed by atoms with van der Waals surface area (Å²) in [6, 6.07) is 13.1. The van der Waals surface area contributed by atoms with Crippen LogP contribution in [0.1, 0.15) is 32.2 Å². The molecule has 3 aromatic rings. The Hall–Kier alpha value is -3.58. The van der Waals surface area contributed by atoms with Gasteiger partial charge in [0, 0.05) is 13.1 Å². The number of imidazole rings is 1. The number of carbonyl (C=O) groups excluding carboxylic acids is 2. The fourth-order valence-electron chi connectivity index (χ4n) is 3.57. The smallest absolute Gasteiger partial charge is 0.408 e. The van der Waals surface area contributed by atoms with Gasteiger partial charge in [0.25, 0.3) is 0 Å². The molecular formula is C29H40ClN5O7.